The van der Waals surface area contributed by atoms with Crippen molar-refractivity contribution in [2.45, 2.75) is 13.5 Å². The minimum absolute atomic E-state index is 0.0335. The number of nitrogens with one attached hydrogen (secondary N) is 2. The fourth-order valence-electron chi connectivity index (χ4n) is 1.76. The molecule has 2 heterocycles. The molecule has 0 bridgehead atoms. The second kappa shape index (κ2) is 6.35. The summed E-state index contributed by atoms with van der Waals surface area (Å²) in [6, 6.07) is 9.22. The van der Waals surface area contributed by atoms with Gasteiger partial charge in [0.25, 0.3) is 5.89 Å². The summed E-state index contributed by atoms with van der Waals surface area (Å²) in [5.41, 5.74) is 1.61. The fraction of sp³-hybridized carbons (Fsp3) is 0.143. The van der Waals surface area contributed by atoms with E-state index in [2.05, 4.69) is 25.8 Å². The maximum atomic E-state index is 11.8. The van der Waals surface area contributed by atoms with E-state index in [-0.39, 0.29) is 11.9 Å². The van der Waals surface area contributed by atoms with Gasteiger partial charge in [0.05, 0.1) is 5.01 Å². The van der Waals surface area contributed by atoms with Crippen molar-refractivity contribution in [3.8, 4) is 11.6 Å². The number of hydrogen-bond donors (Lipinski definition) is 2. The fourth-order valence-corrected chi connectivity index (χ4v) is 2.35. The third-order valence-corrected chi connectivity index (χ3v) is 3.55. The van der Waals surface area contributed by atoms with Crippen LogP contribution in [0.15, 0.2) is 40.1 Å². The summed E-state index contributed by atoms with van der Waals surface area (Å²) < 4.78 is 5.36. The highest BCUT2D eigenvalue weighted by Gasteiger charge is 2.13. The van der Waals surface area contributed by atoms with E-state index in [9.17, 15) is 4.79 Å². The first-order valence-corrected chi connectivity index (χ1v) is 7.43. The van der Waals surface area contributed by atoms with E-state index in [0.717, 1.165) is 10.6 Å². The lowest BCUT2D eigenvalue weighted by atomic mass is 10.2. The average molecular weight is 315 g/mol. The number of hydrogen-bond acceptors (Lipinski definition) is 6. The summed E-state index contributed by atoms with van der Waals surface area (Å²) in [6.45, 7) is 2.31. The maximum Gasteiger partial charge on any atom is 0.324 e. The van der Waals surface area contributed by atoms with Crippen molar-refractivity contribution in [2.75, 3.05) is 5.32 Å². The lowest BCUT2D eigenvalue weighted by Crippen LogP contribution is -2.28. The van der Waals surface area contributed by atoms with Crippen LogP contribution in [0.4, 0.5) is 10.8 Å². The number of rotatable bonds is 4. The molecule has 7 nitrogen and oxygen atoms in total. The number of thiazole rings is 1. The van der Waals surface area contributed by atoms with Gasteiger partial charge in [-0.25, -0.2) is 9.78 Å². The molecule has 0 radical (unpaired) electrons. The molecule has 3 aromatic rings. The monoisotopic (exact) mass is 315 g/mol. The standard InChI is InChI=1S/C14H13N5O2S/c1-9-16-11(8-22-9)12-18-19-14(21-12)17-13(20)15-7-10-5-3-2-4-6-10/h2-6,8H,7H2,1H3,(H2,15,17,19,20). The minimum Gasteiger partial charge on any atom is -0.401 e. The lowest BCUT2D eigenvalue weighted by molar-refractivity contribution is 0.251. The van der Waals surface area contributed by atoms with Gasteiger partial charge in [0.15, 0.2) is 0 Å². The van der Waals surface area contributed by atoms with Crippen LogP contribution in [-0.2, 0) is 6.54 Å². The van der Waals surface area contributed by atoms with E-state index in [1.54, 1.807) is 0 Å². The number of carbonyl (C=O) groups excluding carboxylic acids is 1. The molecule has 0 saturated heterocycles. The number of urea groups is 1. The zero-order chi connectivity index (χ0) is 15.4. The molecule has 22 heavy (non-hydrogen) atoms. The second-order valence-electron chi connectivity index (χ2n) is 4.46. The van der Waals surface area contributed by atoms with E-state index in [1.165, 1.54) is 11.3 Å². The second-order valence-corrected chi connectivity index (χ2v) is 5.52. The molecule has 2 N–H and O–H groups in total. The third kappa shape index (κ3) is 3.47. The molecule has 1 aromatic carbocycles. The molecule has 0 aliphatic rings. The zero-order valence-electron chi connectivity index (χ0n) is 11.7. The van der Waals surface area contributed by atoms with Crippen molar-refractivity contribution in [3.63, 3.8) is 0 Å². The van der Waals surface area contributed by atoms with Crippen LogP contribution in [0.5, 0.6) is 0 Å². The Balaban J connectivity index is 1.57. The topological polar surface area (TPSA) is 92.9 Å². The van der Waals surface area contributed by atoms with Crippen LogP contribution in [0.25, 0.3) is 11.6 Å². The summed E-state index contributed by atoms with van der Waals surface area (Å²) in [7, 11) is 0. The van der Waals surface area contributed by atoms with Crippen LogP contribution in [0.3, 0.4) is 0 Å². The smallest absolute Gasteiger partial charge is 0.324 e. The number of nitrogens with zero attached hydrogens (tertiary/aromatic N) is 3. The van der Waals surface area contributed by atoms with Crippen molar-refractivity contribution < 1.29 is 9.21 Å². The molecule has 2 amide bonds. The quantitative estimate of drug-likeness (QED) is 0.772. The van der Waals surface area contributed by atoms with Crippen LogP contribution in [0, 0.1) is 6.92 Å². The lowest BCUT2D eigenvalue weighted by Gasteiger charge is -2.04. The zero-order valence-corrected chi connectivity index (χ0v) is 12.6. The molecule has 112 valence electrons. The minimum atomic E-state index is -0.409. The highest BCUT2D eigenvalue weighted by atomic mass is 32.1. The summed E-state index contributed by atoms with van der Waals surface area (Å²) >= 11 is 1.49. The Morgan fingerprint density at radius 2 is 2.09 bits per heavy atom. The van der Waals surface area contributed by atoms with Crippen LogP contribution < -0.4 is 10.6 Å². The Kier molecular flexibility index (Phi) is 4.10. The first-order chi connectivity index (χ1) is 10.7. The summed E-state index contributed by atoms with van der Waals surface area (Å²) in [6.07, 6.45) is 0. The SMILES string of the molecule is Cc1nc(-c2nnc(NC(=O)NCc3ccccc3)o2)cs1. The van der Waals surface area contributed by atoms with Crippen LogP contribution >= 0.6 is 11.3 Å². The van der Waals surface area contributed by atoms with Gasteiger partial charge in [-0.2, -0.15) is 0 Å². The van der Waals surface area contributed by atoms with E-state index in [4.69, 9.17) is 4.42 Å². The van der Waals surface area contributed by atoms with Gasteiger partial charge < -0.3 is 9.73 Å². The van der Waals surface area contributed by atoms with Crippen molar-refractivity contribution >= 4 is 23.4 Å². The Bertz CT molecular complexity index is 768. The van der Waals surface area contributed by atoms with Crippen LogP contribution in [0.1, 0.15) is 10.6 Å². The van der Waals surface area contributed by atoms with Gasteiger partial charge in [-0.1, -0.05) is 35.4 Å². The summed E-state index contributed by atoms with van der Waals surface area (Å²) in [5, 5.41) is 15.6. The third-order valence-electron chi connectivity index (χ3n) is 2.78. The molecule has 0 aliphatic carbocycles. The molecule has 3 rings (SSSR count). The molecule has 8 heteroatoms. The van der Waals surface area contributed by atoms with Crippen molar-refractivity contribution in [2.24, 2.45) is 0 Å². The highest BCUT2D eigenvalue weighted by Crippen LogP contribution is 2.21. The van der Waals surface area contributed by atoms with Gasteiger partial charge in [-0.05, 0) is 12.5 Å². The average Bonchev–Trinajstić information content (AvgIpc) is 3.15. The number of benzene rings is 1. The van der Waals surface area contributed by atoms with Gasteiger partial charge >= 0.3 is 12.0 Å². The molecular weight excluding hydrogens is 302 g/mol. The first kappa shape index (κ1) is 14.2. The molecule has 0 saturated carbocycles. The van der Waals surface area contributed by atoms with Gasteiger partial charge in [0.2, 0.25) is 0 Å². The Hall–Kier alpha value is -2.74. The van der Waals surface area contributed by atoms with E-state index < -0.39 is 6.03 Å². The van der Waals surface area contributed by atoms with E-state index in [0.29, 0.717) is 12.2 Å². The van der Waals surface area contributed by atoms with Crippen LogP contribution in [0.2, 0.25) is 0 Å². The molecule has 0 atom stereocenters. The number of aryl methyl sites for hydroxylation is 1. The normalized spacial score (nSPS) is 10.4. The Labute approximate surface area is 130 Å². The van der Waals surface area contributed by atoms with Crippen molar-refractivity contribution in [3.05, 3.63) is 46.3 Å². The molecule has 0 unspecified atom stereocenters. The predicted molar refractivity (Wildman–Crippen MR) is 82.4 cm³/mol. The molecule has 0 spiro atoms. The number of aromatic nitrogens is 3. The van der Waals surface area contributed by atoms with E-state index in [1.807, 2.05) is 42.6 Å². The maximum absolute atomic E-state index is 11.8. The first-order valence-electron chi connectivity index (χ1n) is 6.55. The van der Waals surface area contributed by atoms with Gasteiger partial charge in [0.1, 0.15) is 5.69 Å². The highest BCUT2D eigenvalue weighted by molar-refractivity contribution is 7.09. The number of carbonyl (C=O) groups is 1. The van der Waals surface area contributed by atoms with Gasteiger partial charge in [-0.3, -0.25) is 5.32 Å². The predicted octanol–water partition coefficient (Wildman–Crippen LogP) is 2.82. The van der Waals surface area contributed by atoms with E-state index >= 15 is 0 Å². The number of anilines is 1. The Morgan fingerprint density at radius 1 is 1.27 bits per heavy atom. The summed E-state index contributed by atoms with van der Waals surface area (Å²) in [4.78, 5) is 16.0. The van der Waals surface area contributed by atoms with Gasteiger partial charge in [0, 0.05) is 11.9 Å². The molecule has 2 aromatic heterocycles. The van der Waals surface area contributed by atoms with Gasteiger partial charge in [-0.15, -0.1) is 16.4 Å². The Morgan fingerprint density at radius 3 is 2.82 bits per heavy atom. The largest absolute Gasteiger partial charge is 0.401 e. The molecule has 0 aliphatic heterocycles. The van der Waals surface area contributed by atoms with Crippen molar-refractivity contribution in [1.29, 1.82) is 0 Å². The molecular formula is C14H13N5O2S. The summed E-state index contributed by atoms with van der Waals surface area (Å²) in [5.74, 6) is 0.280. The van der Waals surface area contributed by atoms with Crippen molar-refractivity contribution in [1.82, 2.24) is 20.5 Å². The molecule has 0 fully saturated rings. The van der Waals surface area contributed by atoms with Crippen LogP contribution in [-0.4, -0.2) is 21.2 Å². The number of amides is 2.